The number of rotatable bonds is 4. The fraction of sp³-hybridized carbons (Fsp3) is 0.714. The van der Waals surface area contributed by atoms with Gasteiger partial charge >= 0.3 is 0 Å². The second kappa shape index (κ2) is 5.48. The van der Waals surface area contributed by atoms with E-state index in [4.69, 9.17) is 10.2 Å². The molecule has 0 amide bonds. The molecule has 0 saturated carbocycles. The molecule has 0 radical (unpaired) electrons. The van der Waals surface area contributed by atoms with Gasteiger partial charge in [0.25, 0.3) is 0 Å². The molecular weight excluding hydrogens is 116 g/mol. The second-order valence-electron chi connectivity index (χ2n) is 2.08. The molecule has 2 nitrogen and oxygen atoms in total. The van der Waals surface area contributed by atoms with Crippen molar-refractivity contribution >= 4 is 0 Å². The van der Waals surface area contributed by atoms with Crippen LogP contribution in [0.3, 0.4) is 0 Å². The maximum Gasteiger partial charge on any atom is 0.126 e. The average molecular weight is 130 g/mol. The van der Waals surface area contributed by atoms with Gasteiger partial charge in [-0.1, -0.05) is 19.8 Å². The molecule has 0 bridgehead atoms. The smallest absolute Gasteiger partial charge is 0.126 e. The van der Waals surface area contributed by atoms with Crippen LogP contribution in [0.1, 0.15) is 32.6 Å². The van der Waals surface area contributed by atoms with E-state index in [-0.39, 0.29) is 5.76 Å². The van der Waals surface area contributed by atoms with Crippen LogP contribution in [0.5, 0.6) is 0 Å². The molecule has 9 heavy (non-hydrogen) atoms. The highest BCUT2D eigenvalue weighted by atomic mass is 16.3. The molecule has 0 aromatic heterocycles. The molecule has 0 aliphatic rings. The molecule has 2 heteroatoms. The Kier molecular flexibility index (Phi) is 5.07. The number of unbranched alkanes of at least 4 members (excludes halogenated alkanes) is 2. The van der Waals surface area contributed by atoms with E-state index in [0.717, 1.165) is 25.5 Å². The molecule has 0 spiro atoms. The van der Waals surface area contributed by atoms with Crippen molar-refractivity contribution in [3.63, 3.8) is 0 Å². The SMILES string of the molecule is CCCCCC(O)=CO. The van der Waals surface area contributed by atoms with Crippen molar-refractivity contribution in [3.05, 3.63) is 12.0 Å². The van der Waals surface area contributed by atoms with Crippen LogP contribution in [-0.2, 0) is 0 Å². The van der Waals surface area contributed by atoms with Crippen LogP contribution in [0, 0.1) is 0 Å². The van der Waals surface area contributed by atoms with E-state index in [1.54, 1.807) is 0 Å². The third kappa shape index (κ3) is 5.21. The monoisotopic (exact) mass is 130 g/mol. The first-order valence-corrected chi connectivity index (χ1v) is 3.33. The van der Waals surface area contributed by atoms with Gasteiger partial charge in [-0.2, -0.15) is 0 Å². The highest BCUT2D eigenvalue weighted by Crippen LogP contribution is 2.04. The fourth-order valence-electron chi connectivity index (χ4n) is 0.621. The number of allylic oxidation sites excluding steroid dienone is 1. The minimum Gasteiger partial charge on any atom is -0.512 e. The van der Waals surface area contributed by atoms with Gasteiger partial charge in [0, 0.05) is 6.42 Å². The highest BCUT2D eigenvalue weighted by molar-refractivity contribution is 4.82. The van der Waals surface area contributed by atoms with Gasteiger partial charge < -0.3 is 10.2 Å². The highest BCUT2D eigenvalue weighted by Gasteiger charge is 1.90. The van der Waals surface area contributed by atoms with Gasteiger partial charge in [-0.05, 0) is 6.42 Å². The lowest BCUT2D eigenvalue weighted by atomic mass is 10.2. The van der Waals surface area contributed by atoms with Crippen molar-refractivity contribution in [1.29, 1.82) is 0 Å². The fourth-order valence-corrected chi connectivity index (χ4v) is 0.621. The lowest BCUT2D eigenvalue weighted by Gasteiger charge is -1.95. The van der Waals surface area contributed by atoms with E-state index >= 15 is 0 Å². The summed E-state index contributed by atoms with van der Waals surface area (Å²) in [5.74, 6) is 0.0865. The Morgan fingerprint density at radius 3 is 2.56 bits per heavy atom. The lowest BCUT2D eigenvalue weighted by Crippen LogP contribution is -1.81. The van der Waals surface area contributed by atoms with E-state index < -0.39 is 0 Å². The number of aliphatic hydroxyl groups is 2. The molecule has 0 unspecified atom stereocenters. The van der Waals surface area contributed by atoms with E-state index in [1.807, 2.05) is 0 Å². The molecule has 2 N–H and O–H groups in total. The Balaban J connectivity index is 3.07. The van der Waals surface area contributed by atoms with Crippen molar-refractivity contribution < 1.29 is 10.2 Å². The van der Waals surface area contributed by atoms with Gasteiger partial charge in [0.05, 0.1) is 0 Å². The van der Waals surface area contributed by atoms with Crippen LogP contribution in [0.4, 0.5) is 0 Å². The molecule has 0 saturated heterocycles. The number of hydrogen-bond donors (Lipinski definition) is 2. The van der Waals surface area contributed by atoms with Crippen molar-refractivity contribution in [2.45, 2.75) is 32.6 Å². The van der Waals surface area contributed by atoms with E-state index in [1.165, 1.54) is 0 Å². The van der Waals surface area contributed by atoms with Crippen LogP contribution < -0.4 is 0 Å². The summed E-state index contributed by atoms with van der Waals surface area (Å²) in [5, 5.41) is 16.9. The normalized spacial score (nSPS) is 11.9. The summed E-state index contributed by atoms with van der Waals surface area (Å²) in [6, 6.07) is 0. The van der Waals surface area contributed by atoms with Crippen molar-refractivity contribution in [2.75, 3.05) is 0 Å². The van der Waals surface area contributed by atoms with Gasteiger partial charge in [0.15, 0.2) is 0 Å². The summed E-state index contributed by atoms with van der Waals surface area (Å²) in [4.78, 5) is 0. The quantitative estimate of drug-likeness (QED) is 0.453. The largest absolute Gasteiger partial charge is 0.512 e. The minimum absolute atomic E-state index is 0.0865. The van der Waals surface area contributed by atoms with E-state index in [2.05, 4.69) is 6.92 Å². The first-order chi connectivity index (χ1) is 4.31. The summed E-state index contributed by atoms with van der Waals surface area (Å²) in [6.45, 7) is 2.10. The third-order valence-electron chi connectivity index (χ3n) is 1.19. The van der Waals surface area contributed by atoms with Gasteiger partial charge in [-0.25, -0.2) is 0 Å². The van der Waals surface area contributed by atoms with Crippen LogP contribution >= 0.6 is 0 Å². The predicted octanol–water partition coefficient (Wildman–Crippen LogP) is 2.52. The summed E-state index contributed by atoms with van der Waals surface area (Å²) < 4.78 is 0. The standard InChI is InChI=1S/C7H14O2/c1-2-3-4-5-7(9)6-8/h6,8-9H,2-5H2,1H3. The zero-order chi connectivity index (χ0) is 7.11. The Morgan fingerprint density at radius 2 is 2.11 bits per heavy atom. The Hall–Kier alpha value is -0.660. The summed E-state index contributed by atoms with van der Waals surface area (Å²) in [5.41, 5.74) is 0. The molecule has 0 aliphatic heterocycles. The summed E-state index contributed by atoms with van der Waals surface area (Å²) in [6.07, 6.45) is 4.57. The summed E-state index contributed by atoms with van der Waals surface area (Å²) >= 11 is 0. The molecule has 0 aliphatic carbocycles. The molecule has 54 valence electrons. The topological polar surface area (TPSA) is 40.5 Å². The zero-order valence-electron chi connectivity index (χ0n) is 5.80. The van der Waals surface area contributed by atoms with Crippen LogP contribution in [0.15, 0.2) is 12.0 Å². The van der Waals surface area contributed by atoms with E-state index in [0.29, 0.717) is 6.42 Å². The van der Waals surface area contributed by atoms with Gasteiger partial charge in [0.2, 0.25) is 0 Å². The van der Waals surface area contributed by atoms with Crippen LogP contribution in [0.25, 0.3) is 0 Å². The Bertz CT molecular complexity index is 86.9. The minimum atomic E-state index is 0.0865. The molecule has 0 atom stereocenters. The lowest BCUT2D eigenvalue weighted by molar-refractivity contribution is 0.339. The van der Waals surface area contributed by atoms with Crippen LogP contribution in [-0.4, -0.2) is 10.2 Å². The molecule has 0 heterocycles. The average Bonchev–Trinajstić information content (AvgIpc) is 1.89. The molecule has 0 fully saturated rings. The molecule has 0 aromatic carbocycles. The Labute approximate surface area is 55.8 Å². The van der Waals surface area contributed by atoms with Gasteiger partial charge in [-0.3, -0.25) is 0 Å². The molecule has 0 rings (SSSR count). The molecule has 0 aromatic rings. The van der Waals surface area contributed by atoms with Gasteiger partial charge in [0.1, 0.15) is 12.0 Å². The van der Waals surface area contributed by atoms with Crippen molar-refractivity contribution in [3.8, 4) is 0 Å². The zero-order valence-corrected chi connectivity index (χ0v) is 5.80. The van der Waals surface area contributed by atoms with E-state index in [9.17, 15) is 0 Å². The predicted molar refractivity (Wildman–Crippen MR) is 37.5 cm³/mol. The first-order valence-electron chi connectivity index (χ1n) is 3.33. The van der Waals surface area contributed by atoms with Gasteiger partial charge in [-0.15, -0.1) is 0 Å². The second-order valence-corrected chi connectivity index (χ2v) is 2.08. The maximum atomic E-state index is 8.70. The number of aliphatic hydroxyl groups excluding tert-OH is 2. The van der Waals surface area contributed by atoms with Crippen LogP contribution in [0.2, 0.25) is 0 Å². The summed E-state index contributed by atoms with van der Waals surface area (Å²) in [7, 11) is 0. The Morgan fingerprint density at radius 1 is 1.44 bits per heavy atom. The molecular formula is C7H14O2. The van der Waals surface area contributed by atoms with Crippen molar-refractivity contribution in [2.24, 2.45) is 0 Å². The maximum absolute atomic E-state index is 8.70. The first kappa shape index (κ1) is 8.34. The van der Waals surface area contributed by atoms with Crippen molar-refractivity contribution in [1.82, 2.24) is 0 Å². The number of hydrogen-bond acceptors (Lipinski definition) is 2. The third-order valence-corrected chi connectivity index (χ3v) is 1.19.